The van der Waals surface area contributed by atoms with Gasteiger partial charge in [-0.2, -0.15) is 10.1 Å². The van der Waals surface area contributed by atoms with Gasteiger partial charge in [-0.25, -0.2) is 9.78 Å². The highest BCUT2D eigenvalue weighted by Crippen LogP contribution is 2.40. The van der Waals surface area contributed by atoms with Crippen molar-refractivity contribution in [1.29, 1.82) is 0 Å². The fraction of sp³-hybridized carbons (Fsp3) is 0.524. The molecule has 0 saturated carbocycles. The van der Waals surface area contributed by atoms with Gasteiger partial charge in [0.05, 0.1) is 22.3 Å². The number of amides is 1. The van der Waals surface area contributed by atoms with Crippen LogP contribution in [-0.2, 0) is 4.74 Å². The fourth-order valence-electron chi connectivity index (χ4n) is 4.52. The third-order valence-electron chi connectivity index (χ3n) is 5.71. The third kappa shape index (κ3) is 3.91. The van der Waals surface area contributed by atoms with Crippen LogP contribution in [0.1, 0.15) is 45.7 Å². The van der Waals surface area contributed by atoms with Crippen LogP contribution in [0.2, 0.25) is 0 Å². The van der Waals surface area contributed by atoms with Crippen molar-refractivity contribution in [2.75, 3.05) is 10.6 Å². The first-order chi connectivity index (χ1) is 14.8. The van der Waals surface area contributed by atoms with E-state index in [4.69, 9.17) is 14.7 Å². The summed E-state index contributed by atoms with van der Waals surface area (Å²) in [5.41, 5.74) is 1.35. The molecule has 31 heavy (non-hydrogen) atoms. The van der Waals surface area contributed by atoms with Crippen molar-refractivity contribution in [3.05, 3.63) is 23.2 Å². The predicted molar refractivity (Wildman–Crippen MR) is 121 cm³/mol. The normalized spacial score (nSPS) is 22.8. The van der Waals surface area contributed by atoms with E-state index in [1.54, 1.807) is 11.3 Å². The molecule has 0 spiro atoms. The van der Waals surface area contributed by atoms with E-state index >= 15 is 0 Å². The lowest BCUT2D eigenvalue weighted by molar-refractivity contribution is 0.0214. The van der Waals surface area contributed by atoms with Crippen molar-refractivity contribution >= 4 is 45.2 Å². The molecule has 5 heterocycles. The van der Waals surface area contributed by atoms with E-state index in [1.165, 1.54) is 0 Å². The van der Waals surface area contributed by atoms with Gasteiger partial charge in [0, 0.05) is 17.8 Å². The molecule has 3 aromatic heterocycles. The van der Waals surface area contributed by atoms with Crippen LogP contribution in [0.25, 0.3) is 10.2 Å². The highest BCUT2D eigenvalue weighted by molar-refractivity contribution is 7.17. The molecule has 0 aromatic carbocycles. The van der Waals surface area contributed by atoms with Gasteiger partial charge in [-0.15, -0.1) is 11.3 Å². The van der Waals surface area contributed by atoms with Crippen molar-refractivity contribution in [3.63, 3.8) is 0 Å². The first kappa shape index (κ1) is 20.0. The van der Waals surface area contributed by atoms with Gasteiger partial charge >= 0.3 is 6.09 Å². The number of H-pyrrole nitrogens is 1. The van der Waals surface area contributed by atoms with Crippen molar-refractivity contribution in [1.82, 2.24) is 25.1 Å². The molecule has 5 rings (SSSR count). The molecule has 0 unspecified atom stereocenters. The van der Waals surface area contributed by atoms with E-state index in [-0.39, 0.29) is 24.2 Å². The zero-order chi connectivity index (χ0) is 21.8. The van der Waals surface area contributed by atoms with Crippen molar-refractivity contribution in [2.45, 2.75) is 70.7 Å². The quantitative estimate of drug-likeness (QED) is 0.550. The van der Waals surface area contributed by atoms with Gasteiger partial charge in [0.1, 0.15) is 5.60 Å². The second kappa shape index (κ2) is 7.37. The maximum atomic E-state index is 12.7. The molecule has 0 radical (unpaired) electrons. The second-order valence-corrected chi connectivity index (χ2v) is 10.2. The van der Waals surface area contributed by atoms with Crippen molar-refractivity contribution < 1.29 is 9.53 Å². The van der Waals surface area contributed by atoms with Crippen LogP contribution in [-0.4, -0.2) is 54.9 Å². The molecular formula is C21H27N7O2S. The number of aromatic nitrogens is 4. The van der Waals surface area contributed by atoms with Crippen LogP contribution in [0, 0.1) is 6.92 Å². The topological polar surface area (TPSA) is 108 Å². The SMILES string of the molecule is Cc1cc(Nc2nc(N[C@@H]3C[C@H]4CC[C@H]3N4C(=O)OC(C)(C)C)nc3ccsc23)n[nH]1. The van der Waals surface area contributed by atoms with Crippen LogP contribution in [0.3, 0.4) is 0 Å². The number of aromatic amines is 1. The van der Waals surface area contributed by atoms with Crippen LogP contribution in [0.15, 0.2) is 17.5 Å². The molecule has 3 aromatic rings. The lowest BCUT2D eigenvalue weighted by atomic mass is 9.96. The van der Waals surface area contributed by atoms with Gasteiger partial charge in [-0.3, -0.25) is 5.10 Å². The predicted octanol–water partition coefficient (Wildman–Crippen LogP) is 4.42. The number of carbonyl (C=O) groups is 1. The molecule has 2 saturated heterocycles. The monoisotopic (exact) mass is 441 g/mol. The summed E-state index contributed by atoms with van der Waals surface area (Å²) in [6.07, 6.45) is 2.61. The molecule has 10 heteroatoms. The number of carbonyl (C=O) groups excluding carboxylic acids is 1. The zero-order valence-electron chi connectivity index (χ0n) is 18.1. The zero-order valence-corrected chi connectivity index (χ0v) is 18.9. The van der Waals surface area contributed by atoms with Crippen LogP contribution in [0.5, 0.6) is 0 Å². The van der Waals surface area contributed by atoms with E-state index in [9.17, 15) is 4.79 Å². The number of nitrogens with one attached hydrogen (secondary N) is 3. The summed E-state index contributed by atoms with van der Waals surface area (Å²) in [6, 6.07) is 4.31. The summed E-state index contributed by atoms with van der Waals surface area (Å²) in [7, 11) is 0. The van der Waals surface area contributed by atoms with Crippen LogP contribution < -0.4 is 10.6 Å². The number of thiophene rings is 1. The van der Waals surface area contributed by atoms with E-state index < -0.39 is 5.60 Å². The van der Waals surface area contributed by atoms with Gasteiger partial charge in [-0.1, -0.05) is 0 Å². The summed E-state index contributed by atoms with van der Waals surface area (Å²) in [6.45, 7) is 7.66. The lowest BCUT2D eigenvalue weighted by Crippen LogP contribution is -2.42. The third-order valence-corrected chi connectivity index (χ3v) is 6.62. The van der Waals surface area contributed by atoms with Crippen molar-refractivity contribution in [3.8, 4) is 0 Å². The lowest BCUT2D eigenvalue weighted by Gasteiger charge is -2.28. The highest BCUT2D eigenvalue weighted by Gasteiger charge is 2.50. The van der Waals surface area contributed by atoms with Crippen molar-refractivity contribution in [2.24, 2.45) is 0 Å². The average Bonchev–Trinajstić information content (AvgIpc) is 3.44. The largest absolute Gasteiger partial charge is 0.444 e. The molecule has 9 nitrogen and oxygen atoms in total. The number of anilines is 3. The van der Waals surface area contributed by atoms with E-state index in [2.05, 4.69) is 20.8 Å². The Morgan fingerprint density at radius 1 is 1.32 bits per heavy atom. The van der Waals surface area contributed by atoms with Gasteiger partial charge < -0.3 is 20.3 Å². The number of hydrogen-bond donors (Lipinski definition) is 3. The standard InChI is InChI=1S/C21H27N7O2S/c1-11-9-16(27-26-11)24-18-17-13(7-8-31-17)22-19(25-18)23-14-10-12-5-6-15(14)28(12)20(29)30-21(2,3)4/h7-9,12,14-15H,5-6,10H2,1-4H3,(H3,22,23,24,25,26,27)/t12-,14-,15-/m1/s1. The van der Waals surface area contributed by atoms with Crippen LogP contribution in [0.4, 0.5) is 22.4 Å². The summed E-state index contributed by atoms with van der Waals surface area (Å²) in [5.74, 6) is 2.00. The van der Waals surface area contributed by atoms with E-state index in [1.807, 2.05) is 50.1 Å². The molecule has 2 bridgehead atoms. The number of nitrogens with zero attached hydrogens (tertiary/aromatic N) is 4. The Kier molecular flexibility index (Phi) is 4.76. The minimum Gasteiger partial charge on any atom is -0.444 e. The van der Waals surface area contributed by atoms with Gasteiger partial charge in [0.2, 0.25) is 5.95 Å². The van der Waals surface area contributed by atoms with Crippen LogP contribution >= 0.6 is 11.3 Å². The first-order valence-electron chi connectivity index (χ1n) is 10.6. The summed E-state index contributed by atoms with van der Waals surface area (Å²) < 4.78 is 6.63. The Labute approximate surface area is 184 Å². The number of aryl methyl sites for hydroxylation is 1. The Hall–Kier alpha value is -2.88. The van der Waals surface area contributed by atoms with Gasteiger partial charge in [0.25, 0.3) is 0 Å². The number of ether oxygens (including phenoxy) is 1. The fourth-order valence-corrected chi connectivity index (χ4v) is 5.30. The molecule has 0 aliphatic carbocycles. The number of hydrogen-bond acceptors (Lipinski definition) is 8. The van der Waals surface area contributed by atoms with Gasteiger partial charge in [-0.05, 0) is 58.4 Å². The Bertz CT molecular complexity index is 1120. The molecule has 2 fully saturated rings. The maximum absolute atomic E-state index is 12.7. The van der Waals surface area contributed by atoms with Gasteiger partial charge in [0.15, 0.2) is 11.6 Å². The molecular weight excluding hydrogens is 414 g/mol. The maximum Gasteiger partial charge on any atom is 0.410 e. The molecule has 2 aliphatic rings. The highest BCUT2D eigenvalue weighted by atomic mass is 32.1. The summed E-state index contributed by atoms with van der Waals surface area (Å²) in [4.78, 5) is 24.1. The minimum atomic E-state index is -0.500. The molecule has 1 amide bonds. The molecule has 3 atom stereocenters. The summed E-state index contributed by atoms with van der Waals surface area (Å²) >= 11 is 1.59. The minimum absolute atomic E-state index is 0.0898. The number of rotatable bonds is 4. The van der Waals surface area contributed by atoms with E-state index in [0.717, 1.165) is 41.0 Å². The first-order valence-corrected chi connectivity index (χ1v) is 11.5. The second-order valence-electron chi connectivity index (χ2n) is 9.26. The Balaban J connectivity index is 1.37. The number of fused-ring (bicyclic) bond motifs is 3. The molecule has 164 valence electrons. The summed E-state index contributed by atoms with van der Waals surface area (Å²) in [5, 5.41) is 16.0. The molecule has 2 aliphatic heterocycles. The molecule has 3 N–H and O–H groups in total. The Morgan fingerprint density at radius 3 is 2.90 bits per heavy atom. The Morgan fingerprint density at radius 2 is 2.16 bits per heavy atom. The van der Waals surface area contributed by atoms with E-state index in [0.29, 0.717) is 11.8 Å². The smallest absolute Gasteiger partial charge is 0.410 e. The average molecular weight is 442 g/mol.